The van der Waals surface area contributed by atoms with Gasteiger partial charge in [0.1, 0.15) is 6.17 Å². The highest BCUT2D eigenvalue weighted by atomic mass is 19.1. The van der Waals surface area contributed by atoms with Gasteiger partial charge >= 0.3 is 0 Å². The van der Waals surface area contributed by atoms with Crippen LogP contribution in [0.4, 0.5) is 4.39 Å². The maximum Gasteiger partial charge on any atom is 0.178 e. The number of halogens is 1. The van der Waals surface area contributed by atoms with E-state index in [1.165, 1.54) is 30.4 Å². The van der Waals surface area contributed by atoms with E-state index in [-0.39, 0.29) is 5.75 Å². The maximum atomic E-state index is 11.3. The Morgan fingerprint density at radius 1 is 1.20 bits per heavy atom. The van der Waals surface area contributed by atoms with Crippen molar-refractivity contribution in [3.05, 3.63) is 29.8 Å². The molecule has 0 amide bonds. The molecule has 1 aromatic rings. The van der Waals surface area contributed by atoms with Crippen LogP contribution in [0.2, 0.25) is 0 Å². The average Bonchev–Trinajstić information content (AvgIpc) is 1.95. The van der Waals surface area contributed by atoms with Gasteiger partial charge in [-0.3, -0.25) is 5.11 Å². The second-order valence-electron chi connectivity index (χ2n) is 1.74. The first-order chi connectivity index (χ1) is 4.83. The van der Waals surface area contributed by atoms with Gasteiger partial charge in [0.2, 0.25) is 0 Å². The molecular formula is C8H4FO. The lowest BCUT2D eigenvalue weighted by Crippen LogP contribution is -1.69. The lowest BCUT2D eigenvalue weighted by molar-refractivity contribution is 0.355. The molecule has 1 nitrogen and oxygen atoms in total. The van der Waals surface area contributed by atoms with Gasteiger partial charge in [-0.05, 0) is 30.2 Å². The van der Waals surface area contributed by atoms with Crippen LogP contribution in [0.5, 0.6) is 5.75 Å². The van der Waals surface area contributed by atoms with Crippen molar-refractivity contribution in [2.24, 2.45) is 0 Å². The lowest BCUT2D eigenvalue weighted by atomic mass is 10.2. The van der Waals surface area contributed by atoms with Crippen molar-refractivity contribution >= 4 is 0 Å². The fourth-order valence-electron chi connectivity index (χ4n) is 0.593. The highest BCUT2D eigenvalue weighted by molar-refractivity contribution is 5.36. The van der Waals surface area contributed by atoms with Crippen molar-refractivity contribution in [1.29, 1.82) is 0 Å². The number of hydrogen-bond acceptors (Lipinski definition) is 0. The van der Waals surface area contributed by atoms with Crippen LogP contribution in [-0.2, 0) is 5.11 Å². The largest absolute Gasteiger partial charge is 0.290 e. The summed E-state index contributed by atoms with van der Waals surface area (Å²) in [6.07, 6.45) is 1.25. The lowest BCUT2D eigenvalue weighted by Gasteiger charge is -1.86. The molecule has 0 N–H and O–H groups in total. The number of hydrogen-bond donors (Lipinski definition) is 0. The fourth-order valence-corrected chi connectivity index (χ4v) is 0.593. The standard InChI is InChI=1S/C8H4FO/c9-6-5-7-1-3-8(10)4-2-7/h1-4H. The summed E-state index contributed by atoms with van der Waals surface area (Å²) in [5, 5.41) is 10.5. The molecule has 0 unspecified atom stereocenters. The Labute approximate surface area is 58.1 Å². The molecule has 1 aromatic carbocycles. The van der Waals surface area contributed by atoms with Crippen molar-refractivity contribution in [3.8, 4) is 17.8 Å². The SMILES string of the molecule is [O]c1ccc(C#CF)cc1. The summed E-state index contributed by atoms with van der Waals surface area (Å²) in [4.78, 5) is 0. The second kappa shape index (κ2) is 2.88. The molecule has 49 valence electrons. The van der Waals surface area contributed by atoms with E-state index in [4.69, 9.17) is 0 Å². The molecule has 0 aliphatic carbocycles. The van der Waals surface area contributed by atoms with Gasteiger partial charge in [-0.2, -0.15) is 0 Å². The highest BCUT2D eigenvalue weighted by Crippen LogP contribution is 2.08. The average molecular weight is 135 g/mol. The van der Waals surface area contributed by atoms with Gasteiger partial charge in [0.25, 0.3) is 0 Å². The highest BCUT2D eigenvalue weighted by Gasteiger charge is 1.88. The molecule has 0 aliphatic heterocycles. The summed E-state index contributed by atoms with van der Waals surface area (Å²) in [6, 6.07) is 5.66. The van der Waals surface area contributed by atoms with Gasteiger partial charge in [0, 0.05) is 5.56 Å². The minimum atomic E-state index is -0.0931. The first kappa shape index (κ1) is 6.63. The zero-order chi connectivity index (χ0) is 7.40. The molecule has 0 aliphatic rings. The maximum absolute atomic E-state index is 11.3. The topological polar surface area (TPSA) is 19.9 Å². The number of benzene rings is 1. The van der Waals surface area contributed by atoms with Crippen LogP contribution in [0.15, 0.2) is 24.3 Å². The Morgan fingerprint density at radius 3 is 2.30 bits per heavy atom. The quantitative estimate of drug-likeness (QED) is 0.485. The minimum absolute atomic E-state index is 0.0931. The molecule has 1 rings (SSSR count). The van der Waals surface area contributed by atoms with Crippen molar-refractivity contribution in [2.75, 3.05) is 0 Å². The number of rotatable bonds is 0. The van der Waals surface area contributed by atoms with E-state index >= 15 is 0 Å². The smallest absolute Gasteiger partial charge is 0.178 e. The Balaban J connectivity index is 2.97. The predicted molar refractivity (Wildman–Crippen MR) is 34.6 cm³/mol. The molecule has 2 heteroatoms. The molecule has 0 saturated carbocycles. The molecule has 0 heterocycles. The Morgan fingerprint density at radius 2 is 1.80 bits per heavy atom. The third-order valence-electron chi connectivity index (χ3n) is 1.05. The zero-order valence-electron chi connectivity index (χ0n) is 5.10. The third kappa shape index (κ3) is 1.49. The summed E-state index contributed by atoms with van der Waals surface area (Å²) in [7, 11) is 0. The molecule has 0 bridgehead atoms. The van der Waals surface area contributed by atoms with E-state index in [9.17, 15) is 9.50 Å². The Hall–Kier alpha value is -1.49. The van der Waals surface area contributed by atoms with E-state index in [1.54, 1.807) is 0 Å². The summed E-state index contributed by atoms with van der Waals surface area (Å²) in [5.41, 5.74) is 0.516. The first-order valence-corrected chi connectivity index (χ1v) is 2.71. The second-order valence-corrected chi connectivity index (χ2v) is 1.74. The molecule has 0 fully saturated rings. The van der Waals surface area contributed by atoms with E-state index in [0.29, 0.717) is 5.56 Å². The molecular weight excluding hydrogens is 131 g/mol. The van der Waals surface area contributed by atoms with Crippen molar-refractivity contribution in [2.45, 2.75) is 0 Å². The van der Waals surface area contributed by atoms with Crippen LogP contribution in [0.3, 0.4) is 0 Å². The van der Waals surface area contributed by atoms with E-state index < -0.39 is 0 Å². The summed E-state index contributed by atoms with van der Waals surface area (Å²) in [5.74, 6) is 2.09. The van der Waals surface area contributed by atoms with E-state index in [2.05, 4.69) is 5.92 Å². The molecule has 0 saturated heterocycles. The van der Waals surface area contributed by atoms with Crippen LogP contribution in [0.1, 0.15) is 5.56 Å². The summed E-state index contributed by atoms with van der Waals surface area (Å²) < 4.78 is 11.3. The van der Waals surface area contributed by atoms with Crippen molar-refractivity contribution in [3.63, 3.8) is 0 Å². The molecule has 10 heavy (non-hydrogen) atoms. The van der Waals surface area contributed by atoms with Crippen LogP contribution >= 0.6 is 0 Å². The van der Waals surface area contributed by atoms with Gasteiger partial charge < -0.3 is 0 Å². The fraction of sp³-hybridized carbons (Fsp3) is 0. The van der Waals surface area contributed by atoms with Crippen LogP contribution < -0.4 is 0 Å². The summed E-state index contributed by atoms with van der Waals surface area (Å²) >= 11 is 0. The van der Waals surface area contributed by atoms with Crippen LogP contribution in [0, 0.1) is 12.1 Å². The van der Waals surface area contributed by atoms with Gasteiger partial charge in [-0.15, -0.1) is 4.39 Å². The molecule has 0 aromatic heterocycles. The van der Waals surface area contributed by atoms with Gasteiger partial charge in [-0.1, -0.05) is 0 Å². The van der Waals surface area contributed by atoms with Gasteiger partial charge in [-0.25, -0.2) is 0 Å². The Bertz CT molecular complexity index is 266. The molecule has 1 radical (unpaired) electrons. The molecule has 0 atom stereocenters. The van der Waals surface area contributed by atoms with Crippen LogP contribution in [0.25, 0.3) is 0 Å². The normalized spacial score (nSPS) is 8.10. The minimum Gasteiger partial charge on any atom is -0.290 e. The summed E-state index contributed by atoms with van der Waals surface area (Å²) in [6.45, 7) is 0. The molecule has 0 spiro atoms. The first-order valence-electron chi connectivity index (χ1n) is 2.71. The predicted octanol–water partition coefficient (Wildman–Crippen LogP) is 2.11. The van der Waals surface area contributed by atoms with Crippen molar-refractivity contribution < 1.29 is 9.50 Å². The van der Waals surface area contributed by atoms with Gasteiger partial charge in [0.15, 0.2) is 5.75 Å². The van der Waals surface area contributed by atoms with E-state index in [0.717, 1.165) is 0 Å². The zero-order valence-corrected chi connectivity index (χ0v) is 5.10. The third-order valence-corrected chi connectivity index (χ3v) is 1.05. The monoisotopic (exact) mass is 135 g/mol. The van der Waals surface area contributed by atoms with E-state index in [1.807, 2.05) is 0 Å². The van der Waals surface area contributed by atoms with Crippen molar-refractivity contribution in [1.82, 2.24) is 0 Å². The van der Waals surface area contributed by atoms with Gasteiger partial charge in [0.05, 0.1) is 0 Å². The Kier molecular flexibility index (Phi) is 1.91. The van der Waals surface area contributed by atoms with Crippen LogP contribution in [-0.4, -0.2) is 0 Å².